The van der Waals surface area contributed by atoms with Crippen LogP contribution >= 0.6 is 11.3 Å². The minimum Gasteiger partial charge on any atom is -0.437 e. The molecule has 0 N–H and O–H groups in total. The highest BCUT2D eigenvalue weighted by Gasteiger charge is 2.10. The SMILES string of the molecule is O=c1c2ccccc2oc2nc(-c3cccs3)ccc12. The van der Waals surface area contributed by atoms with Gasteiger partial charge in [-0.15, -0.1) is 11.3 Å². The summed E-state index contributed by atoms with van der Waals surface area (Å²) in [5, 5.41) is 3.10. The summed E-state index contributed by atoms with van der Waals surface area (Å²) in [5.41, 5.74) is 1.75. The molecule has 0 atom stereocenters. The van der Waals surface area contributed by atoms with Gasteiger partial charge in [-0.1, -0.05) is 18.2 Å². The van der Waals surface area contributed by atoms with Crippen molar-refractivity contribution in [1.82, 2.24) is 4.98 Å². The van der Waals surface area contributed by atoms with E-state index in [-0.39, 0.29) is 5.43 Å². The predicted molar refractivity (Wildman–Crippen MR) is 81.1 cm³/mol. The first kappa shape index (κ1) is 11.4. The molecule has 4 aromatic rings. The first-order valence-electron chi connectivity index (χ1n) is 6.19. The van der Waals surface area contributed by atoms with Gasteiger partial charge in [0, 0.05) is 0 Å². The van der Waals surface area contributed by atoms with Crippen molar-refractivity contribution in [3.05, 3.63) is 64.1 Å². The Balaban J connectivity index is 2.08. The summed E-state index contributed by atoms with van der Waals surface area (Å²) >= 11 is 1.61. The maximum Gasteiger partial charge on any atom is 0.231 e. The van der Waals surface area contributed by atoms with Gasteiger partial charge in [-0.25, -0.2) is 4.98 Å². The van der Waals surface area contributed by atoms with Crippen LogP contribution < -0.4 is 5.43 Å². The van der Waals surface area contributed by atoms with Crippen LogP contribution in [0.25, 0.3) is 32.6 Å². The molecule has 0 fully saturated rings. The second kappa shape index (κ2) is 4.28. The highest BCUT2D eigenvalue weighted by atomic mass is 32.1. The maximum atomic E-state index is 12.4. The first-order chi connectivity index (χ1) is 9.83. The highest BCUT2D eigenvalue weighted by Crippen LogP contribution is 2.25. The van der Waals surface area contributed by atoms with Crippen LogP contribution in [0.1, 0.15) is 0 Å². The van der Waals surface area contributed by atoms with Crippen molar-refractivity contribution >= 4 is 33.4 Å². The predicted octanol–water partition coefficient (Wildman–Crippen LogP) is 4.07. The van der Waals surface area contributed by atoms with E-state index in [0.29, 0.717) is 22.1 Å². The molecule has 4 rings (SSSR count). The van der Waals surface area contributed by atoms with Crippen molar-refractivity contribution in [1.29, 1.82) is 0 Å². The number of hydrogen-bond donors (Lipinski definition) is 0. The third-order valence-corrected chi connectivity index (χ3v) is 4.11. The number of benzene rings is 1. The van der Waals surface area contributed by atoms with Crippen LogP contribution in [-0.4, -0.2) is 4.98 Å². The molecule has 0 spiro atoms. The molecule has 0 saturated carbocycles. The van der Waals surface area contributed by atoms with Gasteiger partial charge in [-0.05, 0) is 35.7 Å². The number of hydrogen-bond acceptors (Lipinski definition) is 4. The zero-order valence-corrected chi connectivity index (χ0v) is 11.2. The van der Waals surface area contributed by atoms with Crippen LogP contribution in [0, 0.1) is 0 Å². The van der Waals surface area contributed by atoms with Crippen LogP contribution in [0.15, 0.2) is 63.1 Å². The molecule has 0 radical (unpaired) electrons. The summed E-state index contributed by atoms with van der Waals surface area (Å²) < 4.78 is 5.76. The molecule has 0 amide bonds. The van der Waals surface area contributed by atoms with Crippen LogP contribution in [0.5, 0.6) is 0 Å². The van der Waals surface area contributed by atoms with Crippen molar-refractivity contribution in [2.45, 2.75) is 0 Å². The Kier molecular flexibility index (Phi) is 2.44. The lowest BCUT2D eigenvalue weighted by Gasteiger charge is -2.02. The Bertz CT molecular complexity index is 971. The molecular weight excluding hydrogens is 270 g/mol. The zero-order valence-electron chi connectivity index (χ0n) is 10.4. The number of aromatic nitrogens is 1. The van der Waals surface area contributed by atoms with Crippen molar-refractivity contribution in [3.8, 4) is 10.6 Å². The Labute approximate surface area is 118 Å². The van der Waals surface area contributed by atoms with Gasteiger partial charge in [0.25, 0.3) is 0 Å². The summed E-state index contributed by atoms with van der Waals surface area (Å²) in [7, 11) is 0. The summed E-state index contributed by atoms with van der Waals surface area (Å²) in [5.74, 6) is 0. The Hall–Kier alpha value is -2.46. The molecular formula is C16H9NO2S. The van der Waals surface area contributed by atoms with E-state index in [1.807, 2.05) is 35.7 Å². The van der Waals surface area contributed by atoms with E-state index in [4.69, 9.17) is 4.42 Å². The smallest absolute Gasteiger partial charge is 0.231 e. The minimum absolute atomic E-state index is 0.0351. The standard InChI is InChI=1S/C16H9NO2S/c18-15-10-4-1-2-5-13(10)19-16-11(15)7-8-12(17-16)14-6-3-9-20-14/h1-9H. The Morgan fingerprint density at radius 2 is 1.85 bits per heavy atom. The lowest BCUT2D eigenvalue weighted by Crippen LogP contribution is -2.02. The minimum atomic E-state index is -0.0351. The summed E-state index contributed by atoms with van der Waals surface area (Å²) in [4.78, 5) is 17.9. The maximum absolute atomic E-state index is 12.4. The Morgan fingerprint density at radius 1 is 0.950 bits per heavy atom. The van der Waals surface area contributed by atoms with E-state index in [9.17, 15) is 4.79 Å². The van der Waals surface area contributed by atoms with Gasteiger partial charge in [0.1, 0.15) is 5.58 Å². The number of fused-ring (bicyclic) bond motifs is 2. The molecule has 0 bridgehead atoms. The fraction of sp³-hybridized carbons (Fsp3) is 0. The van der Waals surface area contributed by atoms with Crippen LogP contribution in [0.2, 0.25) is 0 Å². The number of nitrogens with zero attached hydrogens (tertiary/aromatic N) is 1. The number of pyridine rings is 1. The largest absolute Gasteiger partial charge is 0.437 e. The van der Waals surface area contributed by atoms with Gasteiger partial charge in [0.2, 0.25) is 11.1 Å². The van der Waals surface area contributed by atoms with Gasteiger partial charge >= 0.3 is 0 Å². The van der Waals surface area contributed by atoms with Gasteiger partial charge in [0.05, 0.1) is 21.3 Å². The van der Waals surface area contributed by atoms with E-state index in [0.717, 1.165) is 10.6 Å². The van der Waals surface area contributed by atoms with E-state index in [1.165, 1.54) is 0 Å². The normalized spacial score (nSPS) is 11.2. The molecule has 0 aliphatic heterocycles. The van der Waals surface area contributed by atoms with Gasteiger partial charge in [-0.2, -0.15) is 0 Å². The first-order valence-corrected chi connectivity index (χ1v) is 7.07. The summed E-state index contributed by atoms with van der Waals surface area (Å²) in [6.45, 7) is 0. The summed E-state index contributed by atoms with van der Waals surface area (Å²) in [6, 6.07) is 14.9. The van der Waals surface area contributed by atoms with Crippen molar-refractivity contribution in [3.63, 3.8) is 0 Å². The van der Waals surface area contributed by atoms with E-state index >= 15 is 0 Å². The monoisotopic (exact) mass is 279 g/mol. The fourth-order valence-corrected chi connectivity index (χ4v) is 2.94. The third kappa shape index (κ3) is 1.66. The molecule has 3 heterocycles. The molecule has 0 aliphatic rings. The van der Waals surface area contributed by atoms with E-state index in [1.54, 1.807) is 29.5 Å². The number of rotatable bonds is 1. The molecule has 3 aromatic heterocycles. The second-order valence-corrected chi connectivity index (χ2v) is 5.40. The zero-order chi connectivity index (χ0) is 13.5. The second-order valence-electron chi connectivity index (χ2n) is 4.45. The van der Waals surface area contributed by atoms with E-state index < -0.39 is 0 Å². The molecule has 4 heteroatoms. The van der Waals surface area contributed by atoms with Crippen LogP contribution in [0.3, 0.4) is 0 Å². The molecule has 0 unspecified atom stereocenters. The van der Waals surface area contributed by atoms with Crippen molar-refractivity contribution in [2.24, 2.45) is 0 Å². The summed E-state index contributed by atoms with van der Waals surface area (Å²) in [6.07, 6.45) is 0. The van der Waals surface area contributed by atoms with Gasteiger partial charge in [-0.3, -0.25) is 4.79 Å². The number of thiophene rings is 1. The molecule has 20 heavy (non-hydrogen) atoms. The lowest BCUT2D eigenvalue weighted by molar-refractivity contribution is 0.645. The van der Waals surface area contributed by atoms with Crippen LogP contribution in [0.4, 0.5) is 0 Å². The lowest BCUT2D eigenvalue weighted by atomic mass is 10.2. The third-order valence-electron chi connectivity index (χ3n) is 3.22. The molecule has 3 nitrogen and oxygen atoms in total. The van der Waals surface area contributed by atoms with Crippen molar-refractivity contribution < 1.29 is 4.42 Å². The quantitative estimate of drug-likeness (QED) is 0.493. The average Bonchev–Trinajstić information content (AvgIpc) is 3.01. The van der Waals surface area contributed by atoms with E-state index in [2.05, 4.69) is 4.98 Å². The van der Waals surface area contributed by atoms with Gasteiger partial charge in [0.15, 0.2) is 0 Å². The Morgan fingerprint density at radius 3 is 2.70 bits per heavy atom. The fourth-order valence-electron chi connectivity index (χ4n) is 2.25. The van der Waals surface area contributed by atoms with Gasteiger partial charge < -0.3 is 4.42 Å². The molecule has 0 saturated heterocycles. The van der Waals surface area contributed by atoms with Crippen LogP contribution in [-0.2, 0) is 0 Å². The topological polar surface area (TPSA) is 43.1 Å². The highest BCUT2D eigenvalue weighted by molar-refractivity contribution is 7.13. The van der Waals surface area contributed by atoms with Crippen molar-refractivity contribution in [2.75, 3.05) is 0 Å². The molecule has 96 valence electrons. The number of para-hydroxylation sites is 1. The molecule has 1 aromatic carbocycles. The molecule has 0 aliphatic carbocycles. The average molecular weight is 279 g/mol.